The number of guanidine groups is 1. The van der Waals surface area contributed by atoms with E-state index in [1.165, 1.54) is 5.56 Å². The number of hydrogen-bond acceptors (Lipinski definition) is 4. The Hall–Kier alpha value is -3.15. The summed E-state index contributed by atoms with van der Waals surface area (Å²) in [6.45, 7) is 3.96. The third kappa shape index (κ3) is 3.55. The Morgan fingerprint density at radius 3 is 2.78 bits per heavy atom. The van der Waals surface area contributed by atoms with Crippen molar-refractivity contribution in [1.29, 1.82) is 0 Å². The van der Waals surface area contributed by atoms with Gasteiger partial charge in [-0.15, -0.1) is 0 Å². The molecule has 3 rings (SSSR count). The van der Waals surface area contributed by atoms with Crippen molar-refractivity contribution in [2.24, 2.45) is 15.7 Å². The third-order valence-electron chi connectivity index (χ3n) is 3.26. The summed E-state index contributed by atoms with van der Waals surface area (Å²) in [4.78, 5) is 21.1. The number of benzene rings is 1. The van der Waals surface area contributed by atoms with Crippen molar-refractivity contribution in [3.63, 3.8) is 0 Å². The molecule has 0 unspecified atom stereocenters. The smallest absolute Gasteiger partial charge is 0.253 e. The molecule has 3 aromatic rings. The van der Waals surface area contributed by atoms with E-state index in [9.17, 15) is 0 Å². The molecule has 0 aliphatic heterocycles. The molecule has 0 saturated carbocycles. The Bertz CT molecular complexity index is 900. The van der Waals surface area contributed by atoms with Crippen LogP contribution in [0.25, 0.3) is 10.9 Å². The van der Waals surface area contributed by atoms with E-state index in [2.05, 4.69) is 31.0 Å². The molecule has 0 bridgehead atoms. The molecule has 2 N–H and O–H groups in total. The molecule has 0 spiro atoms. The number of pyridine rings is 1. The SMILES string of the molecule is Cc1ccc2nc(N=C(N)N=Cc3ccccn3)nc(C)c2c1. The van der Waals surface area contributed by atoms with E-state index < -0.39 is 0 Å². The predicted octanol–water partition coefficient (Wildman–Crippen LogP) is 2.71. The lowest BCUT2D eigenvalue weighted by molar-refractivity contribution is 1.12. The Labute approximate surface area is 133 Å². The predicted molar refractivity (Wildman–Crippen MR) is 92.1 cm³/mol. The van der Waals surface area contributed by atoms with Gasteiger partial charge in [0, 0.05) is 11.6 Å². The fraction of sp³-hybridized carbons (Fsp3) is 0.118. The molecule has 6 heteroatoms. The summed E-state index contributed by atoms with van der Waals surface area (Å²) in [7, 11) is 0. The Balaban J connectivity index is 1.91. The molecular formula is C17H16N6. The van der Waals surface area contributed by atoms with Crippen LogP contribution in [-0.2, 0) is 0 Å². The minimum absolute atomic E-state index is 0.0847. The first-order valence-corrected chi connectivity index (χ1v) is 7.16. The van der Waals surface area contributed by atoms with Gasteiger partial charge in [-0.1, -0.05) is 17.7 Å². The maximum Gasteiger partial charge on any atom is 0.253 e. The van der Waals surface area contributed by atoms with Crippen molar-refractivity contribution >= 4 is 29.0 Å². The van der Waals surface area contributed by atoms with Crippen LogP contribution in [0.1, 0.15) is 17.0 Å². The van der Waals surface area contributed by atoms with E-state index in [0.29, 0.717) is 11.6 Å². The summed E-state index contributed by atoms with van der Waals surface area (Å²) >= 11 is 0. The van der Waals surface area contributed by atoms with E-state index in [0.717, 1.165) is 16.6 Å². The average molecular weight is 304 g/mol. The zero-order valence-electron chi connectivity index (χ0n) is 12.9. The number of aromatic nitrogens is 3. The molecule has 23 heavy (non-hydrogen) atoms. The fourth-order valence-corrected chi connectivity index (χ4v) is 2.15. The minimum Gasteiger partial charge on any atom is -0.368 e. The highest BCUT2D eigenvalue weighted by Crippen LogP contribution is 2.19. The highest BCUT2D eigenvalue weighted by molar-refractivity contribution is 5.92. The Morgan fingerprint density at radius 1 is 1.13 bits per heavy atom. The Morgan fingerprint density at radius 2 is 2.00 bits per heavy atom. The van der Waals surface area contributed by atoms with Gasteiger partial charge < -0.3 is 5.73 Å². The molecule has 0 fully saturated rings. The summed E-state index contributed by atoms with van der Waals surface area (Å²) in [5, 5.41) is 1.01. The molecule has 0 amide bonds. The highest BCUT2D eigenvalue weighted by atomic mass is 15.1. The van der Waals surface area contributed by atoms with Crippen LogP contribution in [0.4, 0.5) is 5.95 Å². The summed E-state index contributed by atoms with van der Waals surface area (Å²) in [5.41, 5.74) is 9.38. The van der Waals surface area contributed by atoms with Crippen LogP contribution in [0, 0.1) is 13.8 Å². The molecule has 1 aromatic carbocycles. The van der Waals surface area contributed by atoms with Crippen molar-refractivity contribution in [2.75, 3.05) is 0 Å². The number of fused-ring (bicyclic) bond motifs is 1. The number of aryl methyl sites for hydroxylation is 2. The van der Waals surface area contributed by atoms with Crippen LogP contribution in [0.3, 0.4) is 0 Å². The van der Waals surface area contributed by atoms with Gasteiger partial charge >= 0.3 is 0 Å². The molecular weight excluding hydrogens is 288 g/mol. The fourth-order valence-electron chi connectivity index (χ4n) is 2.15. The lowest BCUT2D eigenvalue weighted by Crippen LogP contribution is -2.09. The second-order valence-electron chi connectivity index (χ2n) is 5.11. The topological polar surface area (TPSA) is 89.4 Å². The van der Waals surface area contributed by atoms with E-state index in [1.54, 1.807) is 12.4 Å². The number of rotatable bonds is 2. The number of nitrogens with two attached hydrogens (primary N) is 1. The second-order valence-corrected chi connectivity index (χ2v) is 5.11. The van der Waals surface area contributed by atoms with Gasteiger partial charge in [-0.2, -0.15) is 4.99 Å². The van der Waals surface area contributed by atoms with Crippen molar-refractivity contribution in [3.05, 3.63) is 59.5 Å². The summed E-state index contributed by atoms with van der Waals surface area (Å²) < 4.78 is 0. The number of nitrogens with zero attached hydrogens (tertiary/aromatic N) is 5. The van der Waals surface area contributed by atoms with Crippen LogP contribution < -0.4 is 5.73 Å². The van der Waals surface area contributed by atoms with Crippen molar-refractivity contribution in [2.45, 2.75) is 13.8 Å². The molecule has 114 valence electrons. The highest BCUT2D eigenvalue weighted by Gasteiger charge is 2.04. The first-order chi connectivity index (χ1) is 11.1. The summed E-state index contributed by atoms with van der Waals surface area (Å²) in [5.74, 6) is 0.385. The van der Waals surface area contributed by atoms with Crippen LogP contribution >= 0.6 is 0 Å². The minimum atomic E-state index is 0.0847. The lowest BCUT2D eigenvalue weighted by atomic mass is 10.1. The van der Waals surface area contributed by atoms with E-state index in [-0.39, 0.29) is 5.96 Å². The van der Waals surface area contributed by atoms with Crippen LogP contribution in [0.15, 0.2) is 52.6 Å². The third-order valence-corrected chi connectivity index (χ3v) is 3.26. The van der Waals surface area contributed by atoms with Crippen LogP contribution in [-0.4, -0.2) is 27.1 Å². The van der Waals surface area contributed by atoms with E-state index in [4.69, 9.17) is 5.73 Å². The first kappa shape index (κ1) is 14.8. The molecule has 2 aromatic heterocycles. The first-order valence-electron chi connectivity index (χ1n) is 7.16. The quantitative estimate of drug-likeness (QED) is 0.582. The molecule has 0 aliphatic carbocycles. The molecule has 0 aliphatic rings. The molecule has 2 heterocycles. The van der Waals surface area contributed by atoms with Crippen molar-refractivity contribution in [1.82, 2.24) is 15.0 Å². The Kier molecular flexibility index (Phi) is 4.05. The standard InChI is InChI=1S/C17H16N6/c1-11-6-7-15-14(9-11)12(2)21-17(22-15)23-16(18)20-10-13-5-3-4-8-19-13/h3-10H,1-2H3,(H2,18,21,22,23). The van der Waals surface area contributed by atoms with Gasteiger partial charge in [-0.05, 0) is 38.1 Å². The molecule has 0 saturated heterocycles. The monoisotopic (exact) mass is 304 g/mol. The van der Waals surface area contributed by atoms with Gasteiger partial charge in [0.15, 0.2) is 0 Å². The van der Waals surface area contributed by atoms with Gasteiger partial charge in [0.05, 0.1) is 23.1 Å². The molecule has 0 radical (unpaired) electrons. The molecule has 0 atom stereocenters. The van der Waals surface area contributed by atoms with Gasteiger partial charge in [-0.25, -0.2) is 15.0 Å². The summed E-state index contributed by atoms with van der Waals surface area (Å²) in [6, 6.07) is 11.6. The summed E-state index contributed by atoms with van der Waals surface area (Å²) in [6.07, 6.45) is 3.24. The van der Waals surface area contributed by atoms with Crippen LogP contribution in [0.5, 0.6) is 0 Å². The lowest BCUT2D eigenvalue weighted by Gasteiger charge is -2.03. The van der Waals surface area contributed by atoms with Gasteiger partial charge in [0.2, 0.25) is 5.96 Å². The number of aliphatic imine (C=N–C) groups is 2. The van der Waals surface area contributed by atoms with Crippen LogP contribution in [0.2, 0.25) is 0 Å². The largest absolute Gasteiger partial charge is 0.368 e. The molecule has 6 nitrogen and oxygen atoms in total. The van der Waals surface area contributed by atoms with Gasteiger partial charge in [0.25, 0.3) is 5.95 Å². The normalized spacial score (nSPS) is 12.2. The van der Waals surface area contributed by atoms with Crippen molar-refractivity contribution in [3.8, 4) is 0 Å². The zero-order valence-corrected chi connectivity index (χ0v) is 12.9. The van der Waals surface area contributed by atoms with Gasteiger partial charge in [-0.3, -0.25) is 4.98 Å². The van der Waals surface area contributed by atoms with Gasteiger partial charge in [0.1, 0.15) is 0 Å². The average Bonchev–Trinajstić information content (AvgIpc) is 2.55. The zero-order chi connectivity index (χ0) is 16.2. The maximum atomic E-state index is 5.82. The maximum absolute atomic E-state index is 5.82. The van der Waals surface area contributed by atoms with E-state index in [1.807, 2.05) is 44.2 Å². The second kappa shape index (κ2) is 6.31. The number of hydrogen-bond donors (Lipinski definition) is 1. The van der Waals surface area contributed by atoms with E-state index >= 15 is 0 Å². The van der Waals surface area contributed by atoms with Crippen molar-refractivity contribution < 1.29 is 0 Å².